The first-order valence-electron chi connectivity index (χ1n) is 6.98. The van der Waals surface area contributed by atoms with Gasteiger partial charge in [0, 0.05) is 13.1 Å². The molecule has 108 valence electrons. The van der Waals surface area contributed by atoms with Crippen LogP contribution < -0.4 is 10.5 Å². The van der Waals surface area contributed by atoms with Crippen LogP contribution in [0.1, 0.15) is 25.8 Å². The summed E-state index contributed by atoms with van der Waals surface area (Å²) in [5, 5.41) is 0. The lowest BCUT2D eigenvalue weighted by Gasteiger charge is -2.30. The third kappa shape index (κ3) is 6.08. The van der Waals surface area contributed by atoms with Crippen LogP contribution in [0.5, 0.6) is 5.75 Å². The van der Waals surface area contributed by atoms with Crippen molar-refractivity contribution in [3.63, 3.8) is 0 Å². The zero-order valence-electron chi connectivity index (χ0n) is 12.8. The molecule has 0 fully saturated rings. The Bertz CT molecular complexity index is 360. The van der Waals surface area contributed by atoms with Gasteiger partial charge < -0.3 is 15.4 Å². The summed E-state index contributed by atoms with van der Waals surface area (Å²) in [7, 11) is 3.88. The molecule has 0 radical (unpaired) electrons. The third-order valence-corrected chi connectivity index (χ3v) is 3.46. The Labute approximate surface area is 117 Å². The second kappa shape index (κ2) is 7.51. The summed E-state index contributed by atoms with van der Waals surface area (Å²) in [6, 6.07) is 8.32. The van der Waals surface area contributed by atoms with Gasteiger partial charge in [-0.1, -0.05) is 26.0 Å². The van der Waals surface area contributed by atoms with Crippen molar-refractivity contribution in [3.05, 3.63) is 29.8 Å². The van der Waals surface area contributed by atoms with Crippen molar-refractivity contribution in [2.24, 2.45) is 11.1 Å². The summed E-state index contributed by atoms with van der Waals surface area (Å²) in [6.45, 7) is 7.48. The molecule has 1 aromatic rings. The van der Waals surface area contributed by atoms with Crippen LogP contribution in [0.2, 0.25) is 0 Å². The van der Waals surface area contributed by atoms with E-state index in [4.69, 9.17) is 10.5 Å². The first-order valence-corrected chi connectivity index (χ1v) is 6.98. The quantitative estimate of drug-likeness (QED) is 0.784. The molecule has 0 saturated carbocycles. The van der Waals surface area contributed by atoms with Gasteiger partial charge in [-0.3, -0.25) is 0 Å². The Kier molecular flexibility index (Phi) is 6.32. The van der Waals surface area contributed by atoms with Crippen LogP contribution in [0, 0.1) is 5.41 Å². The van der Waals surface area contributed by atoms with E-state index >= 15 is 0 Å². The largest absolute Gasteiger partial charge is 0.497 e. The summed E-state index contributed by atoms with van der Waals surface area (Å²) in [5.74, 6) is 0.918. The van der Waals surface area contributed by atoms with E-state index in [-0.39, 0.29) is 0 Å². The zero-order chi connectivity index (χ0) is 14.3. The lowest BCUT2D eigenvalue weighted by molar-refractivity contribution is 0.202. The first-order chi connectivity index (χ1) is 8.96. The fourth-order valence-corrected chi connectivity index (χ4v) is 2.39. The van der Waals surface area contributed by atoms with Gasteiger partial charge >= 0.3 is 0 Å². The maximum Gasteiger partial charge on any atom is 0.118 e. The molecule has 3 heteroatoms. The highest BCUT2D eigenvalue weighted by Crippen LogP contribution is 2.20. The van der Waals surface area contributed by atoms with Crippen molar-refractivity contribution in [3.8, 4) is 5.75 Å². The predicted octanol–water partition coefficient (Wildman–Crippen LogP) is 2.54. The SMILES string of the molecule is COc1ccc(CCN(C)CC(C)(C)CCN)cc1. The van der Waals surface area contributed by atoms with Crippen molar-refractivity contribution >= 4 is 0 Å². The van der Waals surface area contributed by atoms with E-state index in [0.717, 1.165) is 38.2 Å². The van der Waals surface area contributed by atoms with E-state index in [1.54, 1.807) is 7.11 Å². The van der Waals surface area contributed by atoms with E-state index in [1.807, 2.05) is 12.1 Å². The number of likely N-dealkylation sites (N-methyl/N-ethyl adjacent to an activating group) is 1. The van der Waals surface area contributed by atoms with Crippen molar-refractivity contribution < 1.29 is 4.74 Å². The predicted molar refractivity (Wildman–Crippen MR) is 81.6 cm³/mol. The number of hydrogen-bond acceptors (Lipinski definition) is 3. The fourth-order valence-electron chi connectivity index (χ4n) is 2.39. The molecule has 2 N–H and O–H groups in total. The van der Waals surface area contributed by atoms with Gasteiger partial charge in [0.2, 0.25) is 0 Å². The highest BCUT2D eigenvalue weighted by atomic mass is 16.5. The molecule has 0 aromatic heterocycles. The molecule has 1 aromatic carbocycles. The molecular formula is C16H28N2O. The number of ether oxygens (including phenoxy) is 1. The Morgan fingerprint density at radius 3 is 2.37 bits per heavy atom. The number of rotatable bonds is 8. The average Bonchev–Trinajstić information content (AvgIpc) is 2.36. The van der Waals surface area contributed by atoms with E-state index < -0.39 is 0 Å². The van der Waals surface area contributed by atoms with Gasteiger partial charge in [-0.05, 0) is 49.5 Å². The molecule has 0 aliphatic carbocycles. The van der Waals surface area contributed by atoms with Crippen LogP contribution in [-0.4, -0.2) is 38.7 Å². The van der Waals surface area contributed by atoms with Gasteiger partial charge in [-0.25, -0.2) is 0 Å². The van der Waals surface area contributed by atoms with E-state index in [9.17, 15) is 0 Å². The van der Waals surface area contributed by atoms with Gasteiger partial charge in [0.15, 0.2) is 0 Å². The maximum atomic E-state index is 5.65. The standard InChI is InChI=1S/C16H28N2O/c1-16(2,10-11-17)13-18(3)12-9-14-5-7-15(19-4)8-6-14/h5-8H,9-13,17H2,1-4H3. The van der Waals surface area contributed by atoms with Crippen LogP contribution in [0.25, 0.3) is 0 Å². The lowest BCUT2D eigenvalue weighted by atomic mass is 9.89. The minimum absolute atomic E-state index is 0.295. The minimum Gasteiger partial charge on any atom is -0.497 e. The summed E-state index contributed by atoms with van der Waals surface area (Å²) >= 11 is 0. The van der Waals surface area contributed by atoms with Crippen molar-refractivity contribution in [1.82, 2.24) is 4.90 Å². The Morgan fingerprint density at radius 1 is 1.21 bits per heavy atom. The summed E-state index contributed by atoms with van der Waals surface area (Å²) in [6.07, 6.45) is 2.14. The van der Waals surface area contributed by atoms with Crippen molar-refractivity contribution in [2.45, 2.75) is 26.7 Å². The molecule has 0 unspecified atom stereocenters. The second-order valence-corrected chi connectivity index (χ2v) is 6.04. The molecule has 3 nitrogen and oxygen atoms in total. The number of nitrogens with zero attached hydrogens (tertiary/aromatic N) is 1. The molecule has 0 heterocycles. The molecule has 1 rings (SSSR count). The van der Waals surface area contributed by atoms with Crippen LogP contribution in [0.4, 0.5) is 0 Å². The van der Waals surface area contributed by atoms with Crippen molar-refractivity contribution in [2.75, 3.05) is 33.8 Å². The number of hydrogen-bond donors (Lipinski definition) is 1. The molecule has 0 aliphatic heterocycles. The zero-order valence-corrected chi connectivity index (χ0v) is 12.8. The normalized spacial score (nSPS) is 11.9. The van der Waals surface area contributed by atoms with E-state index in [0.29, 0.717) is 5.41 Å². The number of benzene rings is 1. The van der Waals surface area contributed by atoms with Gasteiger partial charge in [-0.15, -0.1) is 0 Å². The smallest absolute Gasteiger partial charge is 0.118 e. The highest BCUT2D eigenvalue weighted by Gasteiger charge is 2.18. The Morgan fingerprint density at radius 2 is 1.84 bits per heavy atom. The van der Waals surface area contributed by atoms with E-state index in [2.05, 4.69) is 37.9 Å². The molecule has 0 spiro atoms. The molecule has 0 bridgehead atoms. The summed E-state index contributed by atoms with van der Waals surface area (Å²) in [5.41, 5.74) is 7.30. The minimum atomic E-state index is 0.295. The number of nitrogens with two attached hydrogens (primary N) is 1. The van der Waals surface area contributed by atoms with Gasteiger partial charge in [0.25, 0.3) is 0 Å². The van der Waals surface area contributed by atoms with Gasteiger partial charge in [0.05, 0.1) is 7.11 Å². The molecule has 19 heavy (non-hydrogen) atoms. The van der Waals surface area contributed by atoms with Crippen LogP contribution in [0.3, 0.4) is 0 Å². The first kappa shape index (κ1) is 16.0. The topological polar surface area (TPSA) is 38.5 Å². The van der Waals surface area contributed by atoms with Crippen molar-refractivity contribution in [1.29, 1.82) is 0 Å². The van der Waals surface area contributed by atoms with Crippen LogP contribution >= 0.6 is 0 Å². The maximum absolute atomic E-state index is 5.65. The molecule has 0 amide bonds. The number of methoxy groups -OCH3 is 1. The second-order valence-electron chi connectivity index (χ2n) is 6.04. The van der Waals surface area contributed by atoms with Gasteiger partial charge in [-0.2, -0.15) is 0 Å². The highest BCUT2D eigenvalue weighted by molar-refractivity contribution is 5.27. The third-order valence-electron chi connectivity index (χ3n) is 3.46. The molecule has 0 saturated heterocycles. The monoisotopic (exact) mass is 264 g/mol. The van der Waals surface area contributed by atoms with Crippen LogP contribution in [-0.2, 0) is 6.42 Å². The van der Waals surface area contributed by atoms with Gasteiger partial charge in [0.1, 0.15) is 5.75 Å². The Balaban J connectivity index is 2.38. The summed E-state index contributed by atoms with van der Waals surface area (Å²) < 4.78 is 5.17. The fraction of sp³-hybridized carbons (Fsp3) is 0.625. The molecule has 0 aliphatic rings. The lowest BCUT2D eigenvalue weighted by Crippen LogP contribution is -2.34. The van der Waals surface area contributed by atoms with E-state index in [1.165, 1.54) is 5.56 Å². The van der Waals surface area contributed by atoms with Crippen LogP contribution in [0.15, 0.2) is 24.3 Å². The Hall–Kier alpha value is -1.06. The average molecular weight is 264 g/mol. The molecule has 0 atom stereocenters. The summed E-state index contributed by atoms with van der Waals surface area (Å²) in [4.78, 5) is 2.39. The molecular weight excluding hydrogens is 236 g/mol.